The summed E-state index contributed by atoms with van der Waals surface area (Å²) in [4.78, 5) is 248. The number of hydrogen-bond donors (Lipinski definition) is 15. The van der Waals surface area contributed by atoms with Crippen LogP contribution in [0.1, 0.15) is 126 Å². The number of benzene rings is 6. The van der Waals surface area contributed by atoms with Gasteiger partial charge in [0, 0.05) is 102 Å². The van der Waals surface area contributed by atoms with Gasteiger partial charge in [0.2, 0.25) is 88.6 Å². The zero-order valence-electron chi connectivity index (χ0n) is 78.0. The second-order valence-electron chi connectivity index (χ2n) is 35.9. The number of likely N-dealkylation sites (N-methyl/N-ethyl adjacent to an activating group) is 3. The number of aliphatic hydroxyl groups excluding tert-OH is 1. The highest BCUT2D eigenvalue weighted by Crippen LogP contribution is 2.29. The molecule has 3 aliphatic rings. The van der Waals surface area contributed by atoms with Crippen molar-refractivity contribution in [2.45, 2.75) is 216 Å². The van der Waals surface area contributed by atoms with Crippen LogP contribution >= 0.6 is 11.8 Å². The molecule has 3 fully saturated rings. The summed E-state index contributed by atoms with van der Waals surface area (Å²) in [5.74, 6) is -24.8. The average Bonchev–Trinajstić information content (AvgIpc) is 1.73. The van der Waals surface area contributed by atoms with Gasteiger partial charge in [-0.05, 0) is 120 Å². The van der Waals surface area contributed by atoms with Crippen LogP contribution < -0.4 is 53.6 Å². The number of amides is 15. The number of nitrogens with zero attached hydrogens (tertiary/aromatic N) is 5. The molecule has 0 saturated carbocycles. The van der Waals surface area contributed by atoms with E-state index in [9.17, 15) is 48.8 Å². The van der Waals surface area contributed by atoms with Crippen LogP contribution in [-0.4, -0.2) is 281 Å². The molecule has 0 unspecified atom stereocenters. The summed E-state index contributed by atoms with van der Waals surface area (Å²) < 4.78 is 45.2. The molecule has 138 heavy (non-hydrogen) atoms. The van der Waals surface area contributed by atoms with Crippen molar-refractivity contribution in [1.82, 2.24) is 77.3 Å². The molecule has 0 aliphatic carbocycles. The van der Waals surface area contributed by atoms with Crippen molar-refractivity contribution >= 4 is 117 Å². The van der Waals surface area contributed by atoms with Gasteiger partial charge in [-0.15, -0.1) is 11.8 Å². The number of aromatic hydroxyl groups is 2. The topological polar surface area (TPSA) is 520 Å². The lowest BCUT2D eigenvalue weighted by Crippen LogP contribution is -2.63. The molecule has 0 spiro atoms. The molecule has 40 heteroatoms. The van der Waals surface area contributed by atoms with Gasteiger partial charge < -0.3 is 103 Å². The summed E-state index contributed by atoms with van der Waals surface area (Å²) in [6.45, 7) is 6.82. The lowest BCUT2D eigenvalue weighted by molar-refractivity contribution is -0.152. The zero-order chi connectivity index (χ0) is 100. The van der Waals surface area contributed by atoms with E-state index in [1.807, 2.05) is 0 Å². The number of carbonyl (C=O) groups is 16. The van der Waals surface area contributed by atoms with E-state index in [2.05, 4.69) is 52.8 Å². The highest BCUT2D eigenvalue weighted by atomic mass is 32.2. The van der Waals surface area contributed by atoms with E-state index >= 15 is 61.5 Å². The van der Waals surface area contributed by atoms with Crippen LogP contribution in [0.25, 0.3) is 10.9 Å². The first-order valence-corrected chi connectivity index (χ1v) is 47.0. The molecule has 1 aromatic heterocycles. The number of aromatic amines is 1. The van der Waals surface area contributed by atoms with Crippen LogP contribution in [0.15, 0.2) is 152 Å². The Morgan fingerprint density at radius 1 is 0.514 bits per heavy atom. The first kappa shape index (κ1) is 106. The Labute approximate surface area is 800 Å². The van der Waals surface area contributed by atoms with Crippen LogP contribution in [0.3, 0.4) is 0 Å². The van der Waals surface area contributed by atoms with E-state index < -0.39 is 252 Å². The first-order valence-electron chi connectivity index (χ1n) is 45.9. The first-order chi connectivity index (χ1) is 65.7. The monoisotopic (exact) mass is 1930 g/mol. The Kier molecular flexibility index (Phi) is 38.2. The number of carboxylic acids is 1. The molecule has 36 nitrogen and oxygen atoms in total. The number of nitrogens with one attached hydrogen (secondary N) is 10. The average molecular weight is 1930 g/mol. The predicted octanol–water partition coefficient (Wildman–Crippen LogP) is 3.17. The molecule has 14 atom stereocenters. The number of carbonyl (C=O) groups excluding carboxylic acids is 15. The van der Waals surface area contributed by atoms with Crippen molar-refractivity contribution in [1.29, 1.82) is 0 Å². The second kappa shape index (κ2) is 49.7. The number of para-hydroxylation sites is 1. The van der Waals surface area contributed by atoms with Crippen LogP contribution in [0.4, 0.5) is 13.2 Å². The minimum absolute atomic E-state index is 0.00730. The smallest absolute Gasteiger partial charge is 0.305 e. The number of aliphatic hydroxyl groups is 1. The Bertz CT molecular complexity index is 5510. The molecule has 3 aliphatic heterocycles. The van der Waals surface area contributed by atoms with E-state index in [0.29, 0.717) is 81.9 Å². The highest BCUT2D eigenvalue weighted by Gasteiger charge is 2.48. The molecular formula is C98H121F3N16O20S. The highest BCUT2D eigenvalue weighted by molar-refractivity contribution is 8.00. The number of aromatic nitrogens is 1. The predicted molar refractivity (Wildman–Crippen MR) is 502 cm³/mol. The van der Waals surface area contributed by atoms with Crippen molar-refractivity contribution in [2.24, 2.45) is 17.6 Å². The van der Waals surface area contributed by atoms with Crippen LogP contribution in [0.5, 0.6) is 11.5 Å². The molecule has 0 radical (unpaired) electrons. The van der Waals surface area contributed by atoms with Gasteiger partial charge >= 0.3 is 5.97 Å². The molecule has 740 valence electrons. The van der Waals surface area contributed by atoms with Crippen LogP contribution in [0.2, 0.25) is 0 Å². The summed E-state index contributed by atoms with van der Waals surface area (Å²) >= 11 is 0.663. The van der Waals surface area contributed by atoms with Gasteiger partial charge in [0.25, 0.3) is 0 Å². The number of nitrogens with two attached hydrogens (primary N) is 1. The third-order valence-electron chi connectivity index (χ3n) is 24.7. The molecule has 0 bridgehead atoms. The van der Waals surface area contributed by atoms with Crippen LogP contribution in [-0.2, 0) is 115 Å². The van der Waals surface area contributed by atoms with Crippen molar-refractivity contribution in [3.05, 3.63) is 203 Å². The lowest BCUT2D eigenvalue weighted by Gasteiger charge is -2.38. The number of rotatable bonds is 23. The second-order valence-corrected chi connectivity index (χ2v) is 36.9. The maximum absolute atomic E-state index is 15.9. The molecule has 7 aromatic rings. The zero-order valence-corrected chi connectivity index (χ0v) is 78.8. The van der Waals surface area contributed by atoms with Gasteiger partial charge in [0.05, 0.1) is 24.8 Å². The number of unbranched alkanes of at least 4 members (excludes halogenated alkanes) is 1. The number of aliphatic carboxylic acids is 1. The number of halogens is 3. The number of H-pyrrole nitrogens is 1. The number of fused-ring (bicyclic) bond motifs is 3. The van der Waals surface area contributed by atoms with Crippen molar-refractivity contribution in [2.75, 3.05) is 52.3 Å². The minimum atomic E-state index is -2.04. The fraction of sp³-hybridized carbons (Fsp3) is 0.449. The van der Waals surface area contributed by atoms with Gasteiger partial charge in [-0.2, -0.15) is 0 Å². The summed E-state index contributed by atoms with van der Waals surface area (Å²) in [6, 6.07) is 14.4. The van der Waals surface area contributed by atoms with Gasteiger partial charge in [-0.3, -0.25) is 76.7 Å². The lowest BCUT2D eigenvalue weighted by atomic mass is 9.96. The molecule has 4 heterocycles. The SMILES string of the molecule is CCCC[C@H]1C(=O)N2C[C@@H](O)C[C@@H]2C(=O)N[C@@H](CC(=O)O)C(=O)N[C@@H](C(C)C)C(=O)N(C)[C@@H](Cc2ccccc2)C(=O)N[C@@H](Cc2ccc(O)cc2)C(=O)N2CCCC[C@@H]2C(=O)N[C@@H](Cc2c[nH]c3ccccc23)C(=O)N[C@@H](Cc2ccc(O)cc2)C(=O)N[C@@H](CC(C)C)C(=O)N[C@H](C(=O)NCC(N)=O)CSCC(=O)N[C@@H](Cc2cc(F)c(F)c(F)c2)C(=O)N(C)[C@@H](Cc2ccccc2)C(=O)N1C. The quantitative estimate of drug-likeness (QED) is 0.0409. The number of thioether (sulfide) groups is 1. The molecule has 6 aromatic carbocycles. The van der Waals surface area contributed by atoms with Gasteiger partial charge in [-0.1, -0.05) is 151 Å². The number of piperidine rings is 1. The van der Waals surface area contributed by atoms with Gasteiger partial charge in [0.1, 0.15) is 90.0 Å². The van der Waals surface area contributed by atoms with Crippen molar-refractivity contribution in [3.8, 4) is 11.5 Å². The van der Waals surface area contributed by atoms with Gasteiger partial charge in [0.15, 0.2) is 17.5 Å². The van der Waals surface area contributed by atoms with Crippen molar-refractivity contribution < 1.29 is 110 Å². The Morgan fingerprint density at radius 2 is 1.02 bits per heavy atom. The van der Waals surface area contributed by atoms with Gasteiger partial charge in [-0.25, -0.2) is 13.2 Å². The van der Waals surface area contributed by atoms with E-state index in [4.69, 9.17) is 5.73 Å². The third kappa shape index (κ3) is 29.1. The van der Waals surface area contributed by atoms with E-state index in [1.54, 1.807) is 112 Å². The largest absolute Gasteiger partial charge is 0.508 e. The number of phenols is 2. The molecular weight excluding hydrogens is 1810 g/mol. The number of phenolic OH excluding ortho intramolecular Hbond substituents is 2. The number of carboxylic acid groups (broad SMARTS) is 1. The normalized spacial score (nSPS) is 23.8. The molecule has 15 amide bonds. The van der Waals surface area contributed by atoms with E-state index in [0.717, 1.165) is 19.6 Å². The Morgan fingerprint density at radius 3 is 1.62 bits per heavy atom. The van der Waals surface area contributed by atoms with Crippen LogP contribution in [0, 0.1) is 29.3 Å². The molecule has 16 N–H and O–H groups in total. The molecule has 10 rings (SSSR count). The van der Waals surface area contributed by atoms with E-state index in [-0.39, 0.29) is 81.4 Å². The summed E-state index contributed by atoms with van der Waals surface area (Å²) in [7, 11) is 3.67. The standard InChI is InChI=1S/C98H121F3N16O20S/c1-9-10-27-77-97(136)117-51-64(120)47-79(117)93(132)109-72(48-83(123)124)90(129)112-85(55(4)5)98(137)114(7)78(44-56-21-13-11-14-22-56)92(131)110-74(42-59-31-35-63(119)36-32-59)95(134)116-37-20-19-28-76(116)91(130)108-71(46-61-49-103-68-26-18-17-25-65(61)68)89(128)107-70(41-58-29-33-62(118)34-30-58)88(127)106-69(38-54(2)3)87(126)111-75(86(125)104-50-81(102)121)52-138-53-82(122)105-73(43-60-39-66(99)84(101)67(100)40-60)94(133)115(8)80(96(135)113(77)6)45-57-23-15-12-16-24-57/h11-18,21-26,29-36,39-40,49,54-55,64,69-80,85,103,118-120H,9-10,19-20,27-28,37-38,41-48,50-53H2,1-8H3,(H2,102,121)(H,104,125)(H,105,122)(H,106,127)(H,107,128)(H,108,130)(H,109,132)(H,110,131)(H,111,126)(H,112,129)(H,123,124)/t64-,69-,70-,71-,72-,73-,74-,75-,76+,77-,78-,79+,80-,85-/m0/s1. The van der Waals surface area contributed by atoms with Crippen molar-refractivity contribution in [3.63, 3.8) is 0 Å². The molecule has 3 saturated heterocycles. The summed E-state index contributed by atoms with van der Waals surface area (Å²) in [5.41, 5.74) is 7.88. The minimum Gasteiger partial charge on any atom is -0.508 e. The summed E-state index contributed by atoms with van der Waals surface area (Å²) in [6.07, 6.45) is -2.76. The third-order valence-corrected chi connectivity index (χ3v) is 25.7. The Balaban J connectivity index is 1.07. The van der Waals surface area contributed by atoms with E-state index in [1.165, 1.54) is 88.4 Å². The fourth-order valence-corrected chi connectivity index (χ4v) is 18.0. The number of primary amides is 1. The summed E-state index contributed by atoms with van der Waals surface area (Å²) in [5, 5.41) is 67.2. The maximum Gasteiger partial charge on any atom is 0.305 e. The Hall–Kier alpha value is -13.9. The number of hydrogen-bond acceptors (Lipinski definition) is 20. The maximum atomic E-state index is 15.9. The fourth-order valence-electron chi connectivity index (χ4n) is 17.2.